The number of pyridine rings is 1. The summed E-state index contributed by atoms with van der Waals surface area (Å²) in [6, 6.07) is 32.8. The lowest BCUT2D eigenvalue weighted by Crippen LogP contribution is -2.57. The molecular formula is C68H85N11O8. The average molecular weight is 1180 g/mol. The predicted molar refractivity (Wildman–Crippen MR) is 337 cm³/mol. The molecule has 19 nitrogen and oxygen atoms in total. The van der Waals surface area contributed by atoms with Crippen molar-refractivity contribution in [3.63, 3.8) is 0 Å². The Balaban J connectivity index is 0.635. The molecule has 3 aromatic heterocycles. The number of nitrogens with zero attached hydrogens (tertiary/aromatic N) is 5. The third-order valence-electron chi connectivity index (χ3n) is 17.3. The Morgan fingerprint density at radius 2 is 1.61 bits per heavy atom. The van der Waals surface area contributed by atoms with Crippen LogP contribution >= 0.6 is 0 Å². The van der Waals surface area contributed by atoms with Crippen LogP contribution in [-0.4, -0.2) is 139 Å². The van der Waals surface area contributed by atoms with Gasteiger partial charge < -0.3 is 60.5 Å². The Bertz CT molecular complexity index is 3440. The fourth-order valence-electron chi connectivity index (χ4n) is 12.8. The molecule has 4 aromatic carbocycles. The van der Waals surface area contributed by atoms with E-state index in [-0.39, 0.29) is 54.8 Å². The lowest BCUT2D eigenvalue weighted by atomic mass is 9.83. The first-order valence-electron chi connectivity index (χ1n) is 31.5. The second-order valence-corrected chi connectivity index (χ2v) is 23.7. The quantitative estimate of drug-likeness (QED) is 0.0265. The molecule has 6 N–H and O–H groups in total. The van der Waals surface area contributed by atoms with Crippen molar-refractivity contribution in [3.05, 3.63) is 138 Å². The topological polar surface area (TPSA) is 216 Å². The minimum atomic E-state index is -0.767. The molecule has 7 aromatic rings. The van der Waals surface area contributed by atoms with Gasteiger partial charge in [0.1, 0.15) is 48.2 Å². The molecule has 5 atom stereocenters. The molecule has 460 valence electrons. The highest BCUT2D eigenvalue weighted by Crippen LogP contribution is 2.36. The molecule has 2 saturated heterocycles. The van der Waals surface area contributed by atoms with Crippen molar-refractivity contribution in [1.29, 1.82) is 0 Å². The number of fused-ring (bicyclic) bond motifs is 3. The number of nitrogens with one attached hydrogen (secondary N) is 6. The van der Waals surface area contributed by atoms with Gasteiger partial charge in [0.25, 0.3) is 0 Å². The maximum atomic E-state index is 14.8. The van der Waals surface area contributed by atoms with Crippen molar-refractivity contribution in [2.24, 2.45) is 5.92 Å². The van der Waals surface area contributed by atoms with Crippen LogP contribution in [0.5, 0.6) is 17.4 Å². The van der Waals surface area contributed by atoms with Gasteiger partial charge in [-0.05, 0) is 123 Å². The van der Waals surface area contributed by atoms with E-state index in [2.05, 4.69) is 100 Å². The fraction of sp³-hybridized carbons (Fsp3) is 0.471. The Hall–Kier alpha value is -7.84. The summed E-state index contributed by atoms with van der Waals surface area (Å²) in [5.41, 5.74) is 8.29. The van der Waals surface area contributed by atoms with E-state index in [4.69, 9.17) is 38.8 Å². The van der Waals surface area contributed by atoms with Crippen LogP contribution in [0.2, 0.25) is 0 Å². The van der Waals surface area contributed by atoms with E-state index in [1.54, 1.807) is 11.9 Å². The first kappa shape index (κ1) is 60.8. The zero-order valence-corrected chi connectivity index (χ0v) is 50.6. The van der Waals surface area contributed by atoms with Crippen LogP contribution in [0, 0.1) is 5.92 Å². The Morgan fingerprint density at radius 3 is 2.46 bits per heavy atom. The van der Waals surface area contributed by atoms with Gasteiger partial charge in [0.05, 0.1) is 57.4 Å². The van der Waals surface area contributed by atoms with Gasteiger partial charge in [0.15, 0.2) is 5.65 Å². The van der Waals surface area contributed by atoms with Crippen molar-refractivity contribution in [3.8, 4) is 28.6 Å². The molecule has 87 heavy (non-hydrogen) atoms. The van der Waals surface area contributed by atoms with Crippen molar-refractivity contribution in [1.82, 2.24) is 45.7 Å². The molecule has 2 aliphatic heterocycles. The summed E-state index contributed by atoms with van der Waals surface area (Å²) in [5.74, 6) is 2.17. The Labute approximate surface area is 510 Å². The molecule has 11 rings (SSSR count). The lowest BCUT2D eigenvalue weighted by molar-refractivity contribution is -0.143. The van der Waals surface area contributed by atoms with Gasteiger partial charge >= 0.3 is 0 Å². The molecule has 2 aliphatic carbocycles. The summed E-state index contributed by atoms with van der Waals surface area (Å²) < 4.78 is 32.8. The summed E-state index contributed by atoms with van der Waals surface area (Å²) in [6.45, 7) is 9.63. The number of benzene rings is 4. The SMILES string of the molecule is CNCC(=O)N[C@H](C(=O)N1C[C@@H](Oc2cccc(OCCOCCOCCNc3ccc4c(-c5ccccc5CNc5cc(O[C@@H]6CCCNC6)nc6c(C(C)C)cnn56)nccc4c3)c2)C[C@H]1C(=O)N[C@@H]1CCCc2ccccc21)C1CCCCC1. The predicted octanol–water partition coefficient (Wildman–Crippen LogP) is 9.16. The van der Waals surface area contributed by atoms with Gasteiger partial charge in [-0.2, -0.15) is 14.6 Å². The van der Waals surface area contributed by atoms with E-state index in [0.717, 1.165) is 133 Å². The van der Waals surface area contributed by atoms with Crippen LogP contribution < -0.4 is 46.1 Å². The number of aromatic nitrogens is 4. The fourth-order valence-corrected chi connectivity index (χ4v) is 12.8. The van der Waals surface area contributed by atoms with Crippen molar-refractivity contribution < 1.29 is 38.1 Å². The number of carbonyl (C=O) groups is 3. The summed E-state index contributed by atoms with van der Waals surface area (Å²) >= 11 is 0. The Morgan fingerprint density at radius 1 is 0.782 bits per heavy atom. The van der Waals surface area contributed by atoms with Gasteiger partial charge in [-0.15, -0.1) is 0 Å². The zero-order valence-electron chi connectivity index (χ0n) is 50.6. The molecule has 0 bridgehead atoms. The van der Waals surface area contributed by atoms with Crippen LogP contribution in [0.15, 0.2) is 116 Å². The summed E-state index contributed by atoms with van der Waals surface area (Å²) in [7, 11) is 1.71. The zero-order chi connectivity index (χ0) is 59.9. The van der Waals surface area contributed by atoms with Gasteiger partial charge in [0.2, 0.25) is 23.6 Å². The normalized spacial score (nSPS) is 19.1. The minimum Gasteiger partial charge on any atom is -0.491 e. The molecular weight excluding hydrogens is 1100 g/mol. The van der Waals surface area contributed by atoms with Gasteiger partial charge in [0, 0.05) is 66.6 Å². The van der Waals surface area contributed by atoms with E-state index < -0.39 is 18.2 Å². The van der Waals surface area contributed by atoms with Crippen LogP contribution in [0.3, 0.4) is 0 Å². The van der Waals surface area contributed by atoms with Crippen LogP contribution in [0.1, 0.15) is 112 Å². The molecule has 4 aliphatic rings. The summed E-state index contributed by atoms with van der Waals surface area (Å²) in [4.78, 5) is 53.7. The molecule has 1 saturated carbocycles. The van der Waals surface area contributed by atoms with Crippen molar-refractivity contribution >= 4 is 45.6 Å². The number of ether oxygens (including phenoxy) is 5. The van der Waals surface area contributed by atoms with Gasteiger partial charge in [-0.25, -0.2) is 0 Å². The van der Waals surface area contributed by atoms with Crippen molar-refractivity contribution in [2.45, 2.75) is 127 Å². The van der Waals surface area contributed by atoms with Crippen LogP contribution in [0.25, 0.3) is 27.7 Å². The number of hydrogen-bond donors (Lipinski definition) is 6. The summed E-state index contributed by atoms with van der Waals surface area (Å²) in [6.07, 6.45) is 13.3. The number of amides is 3. The smallest absolute Gasteiger partial charge is 0.246 e. The van der Waals surface area contributed by atoms with Crippen LogP contribution in [0.4, 0.5) is 11.5 Å². The third-order valence-corrected chi connectivity index (χ3v) is 17.3. The number of carbonyl (C=O) groups excluding carboxylic acids is 3. The van der Waals surface area contributed by atoms with Crippen molar-refractivity contribution in [2.75, 3.05) is 83.4 Å². The first-order chi connectivity index (χ1) is 42.6. The van der Waals surface area contributed by atoms with E-state index in [1.165, 1.54) is 5.56 Å². The average Bonchev–Trinajstić information content (AvgIpc) is 2.39. The summed E-state index contributed by atoms with van der Waals surface area (Å²) in [5, 5.41) is 26.8. The largest absolute Gasteiger partial charge is 0.491 e. The molecule has 5 heterocycles. The van der Waals surface area contributed by atoms with E-state index in [1.807, 2.05) is 65.4 Å². The third kappa shape index (κ3) is 15.5. The van der Waals surface area contributed by atoms with Gasteiger partial charge in [-0.3, -0.25) is 19.4 Å². The maximum Gasteiger partial charge on any atom is 0.246 e. The highest BCUT2D eigenvalue weighted by molar-refractivity contribution is 5.97. The van der Waals surface area contributed by atoms with Gasteiger partial charge in [-0.1, -0.05) is 93.8 Å². The highest BCUT2D eigenvalue weighted by Gasteiger charge is 2.45. The monoisotopic (exact) mass is 1180 g/mol. The number of likely N-dealkylation sites (tertiary alicyclic amines) is 1. The van der Waals surface area contributed by atoms with E-state index in [0.29, 0.717) is 69.9 Å². The molecule has 3 fully saturated rings. The lowest BCUT2D eigenvalue weighted by Gasteiger charge is -2.35. The number of rotatable bonds is 27. The number of hydrogen-bond acceptors (Lipinski definition) is 15. The molecule has 0 radical (unpaired) electrons. The number of likely N-dealkylation sites (N-methyl/N-ethyl adjacent to an activating group) is 1. The maximum absolute atomic E-state index is 14.8. The molecule has 0 spiro atoms. The molecule has 3 amide bonds. The number of anilines is 2. The first-order valence-corrected chi connectivity index (χ1v) is 31.5. The molecule has 19 heteroatoms. The van der Waals surface area contributed by atoms with Crippen LogP contribution in [-0.2, 0) is 36.8 Å². The number of aryl methyl sites for hydroxylation is 1. The molecule has 0 unspecified atom stereocenters. The minimum absolute atomic E-state index is 0.00844. The Kier molecular flexibility index (Phi) is 20.8. The second-order valence-electron chi connectivity index (χ2n) is 23.7. The van der Waals surface area contributed by atoms with E-state index in [9.17, 15) is 14.4 Å². The number of piperidine rings is 1. The standard InChI is InChI=1S/C68H85N11O8/c1-45(2)58-42-74-79-61(39-63(77-66(58)79)87-53-21-13-28-70-41-53)73-40-49-17-8-10-23-56(49)65-57-26-25-50(36-48(57)27-29-72-65)71-30-31-83-32-33-84-34-35-85-51-19-12-20-52(37-51)86-54-38-60(67(81)75-59-24-11-18-46-14-7-9-22-55(46)59)78(44-54)68(82)64(76-62(80)43-69-3)47-15-5-4-6-16-47/h7-10,12,14,17,19-20,22-23,25-27,29,36-37,39,42,45,47,53-54,59-60,64,69-71,73H,4-6,11,13,15-16,18,21,24,28,30-35,38,40-41,43-44H2,1-3H3,(H,75,81)(H,76,80)/t53-,54+,59-,60+,64+/m1/s1. The second kappa shape index (κ2) is 29.7. The highest BCUT2D eigenvalue weighted by atomic mass is 16.5. The van der Waals surface area contributed by atoms with E-state index >= 15 is 0 Å².